The smallest absolute Gasteiger partial charge is 0.0702 e. The molecule has 1 aromatic carbocycles. The maximum atomic E-state index is 4.74. The van der Waals surface area contributed by atoms with E-state index in [1.807, 2.05) is 0 Å². The molecule has 0 radical (unpaired) electrons. The van der Waals surface area contributed by atoms with Crippen LogP contribution in [-0.4, -0.2) is 4.98 Å². The summed E-state index contributed by atoms with van der Waals surface area (Å²) in [5.74, 6) is 1.96. The maximum absolute atomic E-state index is 4.74. The van der Waals surface area contributed by atoms with Crippen LogP contribution in [0.4, 0.5) is 0 Å². The lowest BCUT2D eigenvalue weighted by molar-refractivity contribution is 0.249. The zero-order valence-electron chi connectivity index (χ0n) is 18.1. The molecule has 0 bridgehead atoms. The Labute approximate surface area is 173 Å². The normalized spacial score (nSPS) is 19.6. The van der Waals surface area contributed by atoms with E-state index in [1.165, 1.54) is 87.3 Å². The van der Waals surface area contributed by atoms with Gasteiger partial charge in [-0.15, -0.1) is 0 Å². The summed E-state index contributed by atoms with van der Waals surface area (Å²) in [6.45, 7) is 4.54. The Balaban J connectivity index is 1.42. The van der Waals surface area contributed by atoms with Crippen LogP contribution in [0.25, 0.3) is 11.3 Å². The van der Waals surface area contributed by atoms with E-state index >= 15 is 0 Å². The molecule has 2 aromatic rings. The molecule has 1 nitrogen and oxygen atoms in total. The Morgan fingerprint density at radius 3 is 2.00 bits per heavy atom. The molecule has 1 aliphatic rings. The van der Waals surface area contributed by atoms with Crippen LogP contribution in [0, 0.1) is 11.8 Å². The molecule has 0 spiro atoms. The number of unbranched alkanes of at least 4 members (excludes halogenated alkanes) is 2. The van der Waals surface area contributed by atoms with Crippen LogP contribution in [0.3, 0.4) is 0 Å². The number of hydrogen-bond acceptors (Lipinski definition) is 1. The van der Waals surface area contributed by atoms with Crippen molar-refractivity contribution in [3.8, 4) is 11.3 Å². The largest absolute Gasteiger partial charge is 0.256 e. The highest BCUT2D eigenvalue weighted by Gasteiger charge is 2.20. The van der Waals surface area contributed by atoms with E-state index in [0.717, 1.165) is 24.0 Å². The van der Waals surface area contributed by atoms with E-state index in [4.69, 9.17) is 4.98 Å². The van der Waals surface area contributed by atoms with Crippen molar-refractivity contribution in [1.82, 2.24) is 4.98 Å². The fraction of sp³-hybridized carbons (Fsp3) is 0.593. The van der Waals surface area contributed by atoms with Gasteiger partial charge in [0.05, 0.1) is 5.69 Å². The van der Waals surface area contributed by atoms with Gasteiger partial charge >= 0.3 is 0 Å². The molecule has 1 aliphatic carbocycles. The quantitative estimate of drug-likeness (QED) is 0.382. The average Bonchev–Trinajstić information content (AvgIpc) is 2.75. The van der Waals surface area contributed by atoms with E-state index < -0.39 is 0 Å². The number of nitrogens with zero attached hydrogens (tertiary/aromatic N) is 1. The molecule has 0 unspecified atom stereocenters. The van der Waals surface area contributed by atoms with Crippen molar-refractivity contribution in [3.63, 3.8) is 0 Å². The molecule has 28 heavy (non-hydrogen) atoms. The van der Waals surface area contributed by atoms with Crippen LogP contribution in [0.5, 0.6) is 0 Å². The van der Waals surface area contributed by atoms with Crippen LogP contribution in [-0.2, 0) is 12.8 Å². The van der Waals surface area contributed by atoms with Crippen molar-refractivity contribution in [3.05, 3.63) is 53.7 Å². The second kappa shape index (κ2) is 11.4. The minimum Gasteiger partial charge on any atom is -0.256 e. The first-order valence-corrected chi connectivity index (χ1v) is 11.8. The molecule has 0 N–H and O–H groups in total. The predicted molar refractivity (Wildman–Crippen MR) is 122 cm³/mol. The van der Waals surface area contributed by atoms with Gasteiger partial charge in [0.15, 0.2) is 0 Å². The van der Waals surface area contributed by atoms with Crippen LogP contribution in [0.2, 0.25) is 0 Å². The molecular weight excluding hydrogens is 338 g/mol. The van der Waals surface area contributed by atoms with Crippen molar-refractivity contribution in [2.75, 3.05) is 0 Å². The molecule has 1 heteroatoms. The Hall–Kier alpha value is -1.63. The number of aromatic nitrogens is 1. The van der Waals surface area contributed by atoms with Gasteiger partial charge in [0, 0.05) is 11.8 Å². The van der Waals surface area contributed by atoms with E-state index in [1.54, 1.807) is 0 Å². The monoisotopic (exact) mass is 377 g/mol. The van der Waals surface area contributed by atoms with Gasteiger partial charge in [-0.25, -0.2) is 0 Å². The fourth-order valence-corrected chi connectivity index (χ4v) is 4.74. The highest BCUT2D eigenvalue weighted by molar-refractivity contribution is 5.59. The predicted octanol–water partition coefficient (Wildman–Crippen LogP) is 8.02. The maximum Gasteiger partial charge on any atom is 0.0702 e. The molecule has 1 heterocycles. The summed E-state index contributed by atoms with van der Waals surface area (Å²) in [5.41, 5.74) is 5.14. The molecule has 0 atom stereocenters. The second-order valence-corrected chi connectivity index (χ2v) is 8.92. The first-order chi connectivity index (χ1) is 13.8. The van der Waals surface area contributed by atoms with E-state index in [9.17, 15) is 0 Å². The van der Waals surface area contributed by atoms with Crippen molar-refractivity contribution < 1.29 is 0 Å². The molecule has 152 valence electrons. The second-order valence-electron chi connectivity index (χ2n) is 8.92. The number of aryl methyl sites for hydroxylation is 2. The third kappa shape index (κ3) is 6.47. The number of rotatable bonds is 10. The average molecular weight is 378 g/mol. The van der Waals surface area contributed by atoms with Gasteiger partial charge in [-0.05, 0) is 48.3 Å². The molecule has 0 amide bonds. The molecule has 3 rings (SSSR count). The van der Waals surface area contributed by atoms with Gasteiger partial charge in [-0.1, -0.05) is 102 Å². The first-order valence-electron chi connectivity index (χ1n) is 11.8. The van der Waals surface area contributed by atoms with E-state index in [0.29, 0.717) is 0 Å². The van der Waals surface area contributed by atoms with E-state index in [2.05, 4.69) is 56.4 Å². The molecular formula is C27H39N. The van der Waals surface area contributed by atoms with Crippen molar-refractivity contribution in [1.29, 1.82) is 0 Å². The molecule has 1 saturated carbocycles. The van der Waals surface area contributed by atoms with Crippen LogP contribution >= 0.6 is 0 Å². The summed E-state index contributed by atoms with van der Waals surface area (Å²) in [6.07, 6.45) is 18.5. The topological polar surface area (TPSA) is 12.9 Å². The highest BCUT2D eigenvalue weighted by Crippen LogP contribution is 2.34. The Morgan fingerprint density at radius 2 is 1.39 bits per heavy atom. The molecule has 1 aromatic heterocycles. The van der Waals surface area contributed by atoms with Crippen LogP contribution < -0.4 is 0 Å². The Morgan fingerprint density at radius 1 is 0.714 bits per heavy atom. The Bertz CT molecular complexity index is 662. The van der Waals surface area contributed by atoms with Gasteiger partial charge in [-0.2, -0.15) is 0 Å². The number of pyridine rings is 1. The van der Waals surface area contributed by atoms with Gasteiger partial charge in [0.25, 0.3) is 0 Å². The lowest BCUT2D eigenvalue weighted by atomic mass is 9.78. The van der Waals surface area contributed by atoms with Gasteiger partial charge < -0.3 is 0 Å². The van der Waals surface area contributed by atoms with Crippen LogP contribution in [0.15, 0.2) is 42.6 Å². The standard InChI is InChI=1S/C27H39N/c1-3-5-6-8-23-9-11-24(12-10-23)13-14-25-17-20-27(28-21-25)26-18-15-22(7-4-2)16-19-26/h15-21,23-24H,3-14H2,1-2H3. The molecule has 0 saturated heterocycles. The van der Waals surface area contributed by atoms with E-state index in [-0.39, 0.29) is 0 Å². The summed E-state index contributed by atoms with van der Waals surface area (Å²) in [6, 6.07) is 13.4. The van der Waals surface area contributed by atoms with Gasteiger partial charge in [0.2, 0.25) is 0 Å². The number of hydrogen-bond donors (Lipinski definition) is 0. The summed E-state index contributed by atoms with van der Waals surface area (Å²) >= 11 is 0. The SMILES string of the molecule is CCCCCC1CCC(CCc2ccc(-c3ccc(CCC)cc3)nc2)CC1. The summed E-state index contributed by atoms with van der Waals surface area (Å²) in [5, 5.41) is 0. The number of benzene rings is 1. The van der Waals surface area contributed by atoms with Crippen molar-refractivity contribution in [2.45, 2.75) is 90.9 Å². The van der Waals surface area contributed by atoms with Crippen molar-refractivity contribution >= 4 is 0 Å². The fourth-order valence-electron chi connectivity index (χ4n) is 4.74. The third-order valence-electron chi connectivity index (χ3n) is 6.64. The Kier molecular flexibility index (Phi) is 8.58. The molecule has 0 aliphatic heterocycles. The summed E-state index contributed by atoms with van der Waals surface area (Å²) in [4.78, 5) is 4.74. The zero-order chi connectivity index (χ0) is 19.6. The third-order valence-corrected chi connectivity index (χ3v) is 6.64. The minimum absolute atomic E-state index is 0.938. The zero-order valence-corrected chi connectivity index (χ0v) is 18.1. The van der Waals surface area contributed by atoms with Gasteiger partial charge in [0.1, 0.15) is 0 Å². The van der Waals surface area contributed by atoms with Crippen LogP contribution in [0.1, 0.15) is 89.2 Å². The van der Waals surface area contributed by atoms with Gasteiger partial charge in [-0.3, -0.25) is 4.98 Å². The highest BCUT2D eigenvalue weighted by atomic mass is 14.7. The van der Waals surface area contributed by atoms with Crippen molar-refractivity contribution in [2.24, 2.45) is 11.8 Å². The summed E-state index contributed by atoms with van der Waals surface area (Å²) in [7, 11) is 0. The lowest BCUT2D eigenvalue weighted by Gasteiger charge is -2.28. The minimum atomic E-state index is 0.938. The molecule has 1 fully saturated rings. The first kappa shape index (κ1) is 21.1. The lowest BCUT2D eigenvalue weighted by Crippen LogP contribution is -2.15. The summed E-state index contributed by atoms with van der Waals surface area (Å²) < 4.78 is 0.